The molecule has 266 valence electrons. The third-order valence-electron chi connectivity index (χ3n) is 7.08. The maximum atomic E-state index is 13.7. The van der Waals surface area contributed by atoms with Gasteiger partial charge in [0.1, 0.15) is 17.7 Å². The molecule has 3 atom stereocenters. The Morgan fingerprint density at radius 3 is 2.00 bits per heavy atom. The molecule has 0 bridgehead atoms. The van der Waals surface area contributed by atoms with Crippen molar-refractivity contribution in [1.82, 2.24) is 21.3 Å². The third-order valence-corrected chi connectivity index (χ3v) is 9.79. The van der Waals surface area contributed by atoms with Crippen LogP contribution in [0.15, 0.2) is 30.3 Å². The monoisotopic (exact) mass is 681 g/mol. The second kappa shape index (κ2) is 18.6. The Hall–Kier alpha value is -3.68. The van der Waals surface area contributed by atoms with Crippen LogP contribution in [0.4, 0.5) is 4.79 Å². The number of benzene rings is 1. The van der Waals surface area contributed by atoms with E-state index in [9.17, 15) is 32.4 Å². The highest BCUT2D eigenvalue weighted by atomic mass is 32.2. The van der Waals surface area contributed by atoms with Crippen molar-refractivity contribution in [2.24, 2.45) is 17.6 Å². The highest BCUT2D eigenvalue weighted by molar-refractivity contribution is 7.92. The van der Waals surface area contributed by atoms with Crippen LogP contribution in [0.3, 0.4) is 0 Å². The van der Waals surface area contributed by atoms with E-state index in [0.29, 0.717) is 19.3 Å². The molecule has 1 aromatic rings. The van der Waals surface area contributed by atoms with E-state index in [-0.39, 0.29) is 25.3 Å². The van der Waals surface area contributed by atoms with Gasteiger partial charge < -0.3 is 31.7 Å². The highest BCUT2D eigenvalue weighted by Gasteiger charge is 2.35. The van der Waals surface area contributed by atoms with Crippen molar-refractivity contribution >= 4 is 39.6 Å². The van der Waals surface area contributed by atoms with E-state index in [2.05, 4.69) is 21.3 Å². The number of alkyl carbamates (subject to hydrolysis) is 1. The van der Waals surface area contributed by atoms with Crippen molar-refractivity contribution < 1.29 is 37.1 Å². The first-order valence-corrected chi connectivity index (χ1v) is 17.7. The summed E-state index contributed by atoms with van der Waals surface area (Å²) in [4.78, 5) is 63.3. The lowest BCUT2D eigenvalue weighted by Crippen LogP contribution is -2.53. The fourth-order valence-corrected chi connectivity index (χ4v) is 5.73. The number of carbonyl (C=O) groups excluding carboxylic acids is 5. The Morgan fingerprint density at radius 2 is 1.47 bits per heavy atom. The van der Waals surface area contributed by atoms with Crippen LogP contribution in [0, 0.1) is 11.8 Å². The second-order valence-corrected chi connectivity index (χ2v) is 16.9. The van der Waals surface area contributed by atoms with Crippen molar-refractivity contribution in [2.45, 2.75) is 110 Å². The van der Waals surface area contributed by atoms with Gasteiger partial charge in [-0.3, -0.25) is 19.2 Å². The van der Waals surface area contributed by atoms with Crippen molar-refractivity contribution in [3.63, 3.8) is 0 Å². The van der Waals surface area contributed by atoms with Gasteiger partial charge in [-0.05, 0) is 85.1 Å². The first kappa shape index (κ1) is 41.3. The van der Waals surface area contributed by atoms with Crippen molar-refractivity contribution in [2.75, 3.05) is 18.8 Å². The van der Waals surface area contributed by atoms with Gasteiger partial charge in [0.2, 0.25) is 23.6 Å². The molecule has 1 rings (SSSR count). The minimum Gasteiger partial charge on any atom is -0.444 e. The average molecular weight is 682 g/mol. The molecule has 14 heteroatoms. The van der Waals surface area contributed by atoms with Gasteiger partial charge >= 0.3 is 6.09 Å². The third kappa shape index (κ3) is 16.6. The van der Waals surface area contributed by atoms with Crippen molar-refractivity contribution in [3.8, 4) is 0 Å². The molecule has 0 aliphatic carbocycles. The first-order valence-electron chi connectivity index (χ1n) is 16.0. The molecule has 6 N–H and O–H groups in total. The summed E-state index contributed by atoms with van der Waals surface area (Å²) in [5.74, 6) is -3.96. The molecule has 47 heavy (non-hydrogen) atoms. The van der Waals surface area contributed by atoms with Gasteiger partial charge in [0.15, 0.2) is 9.84 Å². The number of hydrogen-bond donors (Lipinski definition) is 5. The van der Waals surface area contributed by atoms with Gasteiger partial charge in [0, 0.05) is 6.54 Å². The molecule has 13 nitrogen and oxygen atoms in total. The van der Waals surface area contributed by atoms with E-state index >= 15 is 0 Å². The van der Waals surface area contributed by atoms with Crippen LogP contribution >= 0.6 is 0 Å². The predicted molar refractivity (Wildman–Crippen MR) is 181 cm³/mol. The largest absolute Gasteiger partial charge is 0.444 e. The second-order valence-electron chi connectivity index (χ2n) is 14.1. The molecule has 0 radical (unpaired) electrons. The van der Waals surface area contributed by atoms with Gasteiger partial charge in [-0.15, -0.1) is 0 Å². The molecule has 0 heterocycles. The molecule has 5 amide bonds. The number of ether oxygens (including phenoxy) is 1. The average Bonchev–Trinajstić information content (AvgIpc) is 2.92. The highest BCUT2D eigenvalue weighted by Crippen LogP contribution is 2.22. The topological polar surface area (TPSA) is 203 Å². The molecule has 0 saturated heterocycles. The number of nitrogens with one attached hydrogen (secondary N) is 4. The summed E-state index contributed by atoms with van der Waals surface area (Å²) in [6.07, 6.45) is 0.842. The minimum absolute atomic E-state index is 0.0812. The maximum absolute atomic E-state index is 13.7. The molecule has 0 aliphatic rings. The Bertz CT molecular complexity index is 1300. The molecule has 0 spiro atoms. The quantitative estimate of drug-likeness (QED) is 0.145. The zero-order valence-corrected chi connectivity index (χ0v) is 29.9. The molecular formula is C33H55N5O8S. The summed E-state index contributed by atoms with van der Waals surface area (Å²) in [5, 5.41) is 10.4. The normalized spacial score (nSPS) is 14.0. The van der Waals surface area contributed by atoms with Crippen LogP contribution in [0.25, 0.3) is 0 Å². The Morgan fingerprint density at radius 1 is 0.851 bits per heavy atom. The number of primary amides is 1. The Balaban J connectivity index is 3.10. The smallest absolute Gasteiger partial charge is 0.407 e. The number of amides is 5. The molecule has 1 aromatic carbocycles. The fraction of sp³-hybridized carbons (Fsp3) is 0.667. The zero-order valence-electron chi connectivity index (χ0n) is 29.1. The summed E-state index contributed by atoms with van der Waals surface area (Å²) in [6, 6.07) is 6.96. The van der Waals surface area contributed by atoms with E-state index < -0.39 is 80.2 Å². The molecule has 0 saturated carbocycles. The standard InChI is InChI=1S/C33H55N5O8S/c1-22(2)18-26(28(34)40)37-27(39)20-36-30(42)25(16-12-13-17-35-31(43)46-32(3,4)5)38-29(41)24(19-23-14-10-9-11-15-23)21-47(44,45)33(6,7)8/h9-11,14-15,22,24-26H,12-13,16-21H2,1-8H3,(H2,34,40)(H,35,43)(H,36,42)(H,37,39)(H,38,41)/t24?,25-,26-/m0/s1. The lowest BCUT2D eigenvalue weighted by molar-refractivity contribution is -0.132. The number of unbranched alkanes of at least 4 members (excludes halogenated alkanes) is 1. The zero-order chi connectivity index (χ0) is 36.0. The number of hydrogen-bond acceptors (Lipinski definition) is 8. The van der Waals surface area contributed by atoms with Crippen LogP contribution in [-0.4, -0.2) is 79.4 Å². The number of rotatable bonds is 18. The van der Waals surface area contributed by atoms with Crippen LogP contribution in [0.5, 0.6) is 0 Å². The summed E-state index contributed by atoms with van der Waals surface area (Å²) in [6.45, 7) is 13.5. The lowest BCUT2D eigenvalue weighted by Gasteiger charge is -2.26. The Labute approximate surface area is 279 Å². The summed E-state index contributed by atoms with van der Waals surface area (Å²) < 4.78 is 30.4. The number of sulfone groups is 1. The van der Waals surface area contributed by atoms with Gasteiger partial charge in [-0.2, -0.15) is 0 Å². The molecule has 0 fully saturated rings. The molecular weight excluding hydrogens is 626 g/mol. The number of carbonyl (C=O) groups is 5. The van der Waals surface area contributed by atoms with Crippen LogP contribution < -0.4 is 27.0 Å². The summed E-state index contributed by atoms with van der Waals surface area (Å²) in [7, 11) is -3.72. The number of nitrogens with two attached hydrogens (primary N) is 1. The summed E-state index contributed by atoms with van der Waals surface area (Å²) >= 11 is 0. The van der Waals surface area contributed by atoms with Gasteiger partial charge in [0.05, 0.1) is 23.0 Å². The molecule has 0 aromatic heterocycles. The fourth-order valence-electron chi connectivity index (χ4n) is 4.43. The van der Waals surface area contributed by atoms with Gasteiger partial charge in [-0.1, -0.05) is 44.2 Å². The van der Waals surface area contributed by atoms with Gasteiger partial charge in [-0.25, -0.2) is 13.2 Å². The van der Waals surface area contributed by atoms with E-state index in [0.717, 1.165) is 5.56 Å². The van der Waals surface area contributed by atoms with Crippen molar-refractivity contribution in [3.05, 3.63) is 35.9 Å². The lowest BCUT2D eigenvalue weighted by atomic mass is 9.99. The Kier molecular flexibility index (Phi) is 16.4. The summed E-state index contributed by atoms with van der Waals surface area (Å²) in [5.41, 5.74) is 5.51. The van der Waals surface area contributed by atoms with Gasteiger partial charge in [0.25, 0.3) is 0 Å². The van der Waals surface area contributed by atoms with Crippen LogP contribution in [0.1, 0.15) is 86.6 Å². The maximum Gasteiger partial charge on any atom is 0.407 e. The minimum atomic E-state index is -3.72. The van der Waals surface area contributed by atoms with Crippen LogP contribution in [0.2, 0.25) is 0 Å². The predicted octanol–water partition coefficient (Wildman–Crippen LogP) is 2.37. The van der Waals surface area contributed by atoms with E-state index in [1.54, 1.807) is 65.8 Å². The molecule has 0 aliphatic heterocycles. The SMILES string of the molecule is CC(C)C[C@H](NC(=O)CNC(=O)[C@H](CCCCNC(=O)OC(C)(C)C)NC(=O)C(Cc1ccccc1)CS(=O)(=O)C(C)(C)C)C(N)=O. The van der Waals surface area contributed by atoms with E-state index in [4.69, 9.17) is 10.5 Å². The van der Waals surface area contributed by atoms with E-state index in [1.165, 1.54) is 0 Å². The first-order chi connectivity index (χ1) is 21.6. The molecule has 1 unspecified atom stereocenters. The van der Waals surface area contributed by atoms with E-state index in [1.807, 2.05) is 19.9 Å². The van der Waals surface area contributed by atoms with Crippen molar-refractivity contribution in [1.29, 1.82) is 0 Å². The van der Waals surface area contributed by atoms with Crippen LogP contribution in [-0.2, 0) is 40.2 Å².